The molecule has 0 aromatic heterocycles. The van der Waals surface area contributed by atoms with E-state index in [-0.39, 0.29) is 21.0 Å². The van der Waals surface area contributed by atoms with Crippen LogP contribution in [0.3, 0.4) is 0 Å². The number of rotatable bonds is 7. The van der Waals surface area contributed by atoms with Gasteiger partial charge in [0.1, 0.15) is 0 Å². The molecule has 3 rings (SSSR count). The molecule has 3 aromatic rings. The van der Waals surface area contributed by atoms with Crippen molar-refractivity contribution in [3.63, 3.8) is 0 Å². The summed E-state index contributed by atoms with van der Waals surface area (Å²) < 4.78 is 54.3. The minimum absolute atomic E-state index is 0.0398. The molecule has 0 fully saturated rings. The number of nitrogens with one attached hydrogen (secondary N) is 2. The van der Waals surface area contributed by atoms with Crippen molar-refractivity contribution in [1.82, 2.24) is 0 Å². The highest BCUT2D eigenvalue weighted by Gasteiger charge is 2.17. The Morgan fingerprint density at radius 1 is 0.759 bits per heavy atom. The highest BCUT2D eigenvalue weighted by Crippen LogP contribution is 2.20. The Bertz CT molecular complexity index is 1220. The molecule has 0 saturated carbocycles. The highest BCUT2D eigenvalue weighted by molar-refractivity contribution is 7.93. The molecule has 10 heteroatoms. The van der Waals surface area contributed by atoms with Crippen LogP contribution in [0, 0.1) is 6.07 Å². The first-order chi connectivity index (χ1) is 13.7. The quantitative estimate of drug-likeness (QED) is 0.527. The van der Waals surface area contributed by atoms with E-state index in [2.05, 4.69) is 15.5 Å². The minimum Gasteiger partial charge on any atom is -0.478 e. The molecule has 149 valence electrons. The number of carbonyl (C=O) groups is 1. The summed E-state index contributed by atoms with van der Waals surface area (Å²) in [6.07, 6.45) is 0. The largest absolute Gasteiger partial charge is 0.478 e. The summed E-state index contributed by atoms with van der Waals surface area (Å²) in [5.74, 6) is -1.17. The number of hydrogen-bond donors (Lipinski definition) is 3. The third-order valence-corrected chi connectivity index (χ3v) is 6.58. The molecule has 0 aliphatic heterocycles. The van der Waals surface area contributed by atoms with Crippen LogP contribution in [-0.2, 0) is 20.0 Å². The fraction of sp³-hybridized carbons (Fsp3) is 0. The standard InChI is InChI=1S/C19H15N2O6S2/c22-19(23)14-6-10-17(11-7-14)28(24,25)21-16-8-12-18(13-9-16)29(26,27)20-15-4-2-1-3-5-15/h1-2,4-13,20-21H,(H,22,23). The maximum absolute atomic E-state index is 12.4. The van der Waals surface area contributed by atoms with Gasteiger partial charge in [-0.2, -0.15) is 0 Å². The third kappa shape index (κ3) is 4.92. The van der Waals surface area contributed by atoms with Gasteiger partial charge in [-0.1, -0.05) is 12.1 Å². The Balaban J connectivity index is 1.76. The summed E-state index contributed by atoms with van der Waals surface area (Å²) in [5.41, 5.74) is 0.461. The van der Waals surface area contributed by atoms with E-state index in [1.54, 1.807) is 18.2 Å². The van der Waals surface area contributed by atoms with Crippen LogP contribution < -0.4 is 9.44 Å². The van der Waals surface area contributed by atoms with Gasteiger partial charge in [-0.15, -0.1) is 0 Å². The zero-order valence-electron chi connectivity index (χ0n) is 14.7. The summed E-state index contributed by atoms with van der Waals surface area (Å²) in [6.45, 7) is 0. The van der Waals surface area contributed by atoms with Gasteiger partial charge in [-0.25, -0.2) is 21.6 Å². The van der Waals surface area contributed by atoms with E-state index in [9.17, 15) is 21.6 Å². The molecule has 29 heavy (non-hydrogen) atoms. The fourth-order valence-corrected chi connectivity index (χ4v) is 4.47. The molecule has 0 bridgehead atoms. The van der Waals surface area contributed by atoms with Crippen LogP contribution in [0.5, 0.6) is 0 Å². The van der Waals surface area contributed by atoms with E-state index in [1.807, 2.05) is 0 Å². The number of benzene rings is 3. The molecule has 3 aromatic carbocycles. The van der Waals surface area contributed by atoms with Crippen molar-refractivity contribution < 1.29 is 26.7 Å². The number of carboxylic acids is 1. The molecule has 0 atom stereocenters. The average molecular weight is 431 g/mol. The third-order valence-electron chi connectivity index (χ3n) is 3.79. The predicted molar refractivity (Wildman–Crippen MR) is 107 cm³/mol. The van der Waals surface area contributed by atoms with Gasteiger partial charge in [0.05, 0.1) is 15.4 Å². The topological polar surface area (TPSA) is 130 Å². The second-order valence-electron chi connectivity index (χ2n) is 5.86. The van der Waals surface area contributed by atoms with E-state index in [0.29, 0.717) is 5.69 Å². The van der Waals surface area contributed by atoms with Crippen LogP contribution in [0.15, 0.2) is 82.6 Å². The molecular weight excluding hydrogens is 416 g/mol. The number of anilines is 2. The Kier molecular flexibility index (Phi) is 5.57. The van der Waals surface area contributed by atoms with Crippen LogP contribution in [-0.4, -0.2) is 27.9 Å². The van der Waals surface area contributed by atoms with Gasteiger partial charge in [-0.05, 0) is 66.7 Å². The van der Waals surface area contributed by atoms with Crippen molar-refractivity contribution in [2.75, 3.05) is 9.44 Å². The molecule has 0 unspecified atom stereocenters. The Morgan fingerprint density at radius 2 is 1.28 bits per heavy atom. The van der Waals surface area contributed by atoms with Crippen molar-refractivity contribution in [3.8, 4) is 0 Å². The lowest BCUT2D eigenvalue weighted by molar-refractivity contribution is 0.0696. The van der Waals surface area contributed by atoms with Crippen LogP contribution in [0.2, 0.25) is 0 Å². The van der Waals surface area contributed by atoms with Crippen LogP contribution in [0.4, 0.5) is 11.4 Å². The molecule has 0 heterocycles. The number of hydrogen-bond acceptors (Lipinski definition) is 5. The molecule has 0 aliphatic carbocycles. The van der Waals surface area contributed by atoms with Crippen LogP contribution >= 0.6 is 0 Å². The second-order valence-corrected chi connectivity index (χ2v) is 9.22. The van der Waals surface area contributed by atoms with Crippen molar-refractivity contribution in [2.45, 2.75) is 9.79 Å². The first-order valence-electron chi connectivity index (χ1n) is 8.12. The SMILES string of the molecule is O=C(O)c1ccc(S(=O)(=O)Nc2ccc(S(=O)(=O)Nc3c[c]ccc3)cc2)cc1. The molecule has 0 amide bonds. The zero-order valence-corrected chi connectivity index (χ0v) is 16.4. The normalized spacial score (nSPS) is 11.6. The van der Waals surface area contributed by atoms with Gasteiger partial charge in [0.15, 0.2) is 0 Å². The van der Waals surface area contributed by atoms with Crippen molar-refractivity contribution in [1.29, 1.82) is 0 Å². The summed E-state index contributed by atoms with van der Waals surface area (Å²) in [5, 5.41) is 8.88. The first kappa shape index (κ1) is 20.4. The van der Waals surface area contributed by atoms with Gasteiger partial charge in [-0.3, -0.25) is 9.44 Å². The molecule has 8 nitrogen and oxygen atoms in total. The average Bonchev–Trinajstić information content (AvgIpc) is 2.68. The van der Waals surface area contributed by atoms with E-state index in [0.717, 1.165) is 0 Å². The smallest absolute Gasteiger partial charge is 0.335 e. The van der Waals surface area contributed by atoms with Gasteiger partial charge < -0.3 is 5.11 Å². The lowest BCUT2D eigenvalue weighted by Gasteiger charge is -2.10. The van der Waals surface area contributed by atoms with Crippen molar-refractivity contribution in [2.24, 2.45) is 0 Å². The van der Waals surface area contributed by atoms with Gasteiger partial charge >= 0.3 is 5.97 Å². The zero-order chi connectivity index (χ0) is 21.1. The van der Waals surface area contributed by atoms with Gasteiger partial charge in [0.25, 0.3) is 20.0 Å². The van der Waals surface area contributed by atoms with E-state index in [1.165, 1.54) is 54.6 Å². The first-order valence-corrected chi connectivity index (χ1v) is 11.1. The van der Waals surface area contributed by atoms with Gasteiger partial charge in [0.2, 0.25) is 0 Å². The van der Waals surface area contributed by atoms with Crippen molar-refractivity contribution >= 4 is 37.4 Å². The summed E-state index contributed by atoms with van der Waals surface area (Å²) >= 11 is 0. The Hall–Kier alpha value is -3.37. The van der Waals surface area contributed by atoms with Crippen LogP contribution in [0.1, 0.15) is 10.4 Å². The molecular formula is C19H15N2O6S2. The number of sulfonamides is 2. The minimum atomic E-state index is -3.96. The maximum atomic E-state index is 12.4. The fourth-order valence-electron chi connectivity index (χ4n) is 2.36. The van der Waals surface area contributed by atoms with E-state index < -0.39 is 26.0 Å². The van der Waals surface area contributed by atoms with E-state index in [4.69, 9.17) is 5.11 Å². The highest BCUT2D eigenvalue weighted by atomic mass is 32.2. The predicted octanol–water partition coefficient (Wildman–Crippen LogP) is 2.79. The molecule has 0 aliphatic rings. The molecule has 3 N–H and O–H groups in total. The monoisotopic (exact) mass is 431 g/mol. The molecule has 0 saturated heterocycles. The molecule has 1 radical (unpaired) electrons. The summed E-state index contributed by atoms with van der Waals surface area (Å²) in [4.78, 5) is 10.7. The van der Waals surface area contributed by atoms with Gasteiger partial charge in [0, 0.05) is 11.4 Å². The number of carboxylic acid groups (broad SMARTS) is 1. The summed E-state index contributed by atoms with van der Waals surface area (Å²) in [6, 6.07) is 18.9. The Labute approximate surface area is 167 Å². The van der Waals surface area contributed by atoms with E-state index >= 15 is 0 Å². The van der Waals surface area contributed by atoms with Crippen LogP contribution in [0.25, 0.3) is 0 Å². The molecule has 0 spiro atoms. The van der Waals surface area contributed by atoms with Crippen molar-refractivity contribution in [3.05, 3.63) is 84.4 Å². The lowest BCUT2D eigenvalue weighted by atomic mass is 10.2. The number of aromatic carboxylic acids is 1. The maximum Gasteiger partial charge on any atom is 0.335 e. The lowest BCUT2D eigenvalue weighted by Crippen LogP contribution is -2.14. The Morgan fingerprint density at radius 3 is 1.76 bits per heavy atom. The summed E-state index contributed by atoms with van der Waals surface area (Å²) in [7, 11) is -7.81. The second kappa shape index (κ2) is 7.94.